The van der Waals surface area contributed by atoms with Crippen molar-refractivity contribution in [1.29, 1.82) is 0 Å². The van der Waals surface area contributed by atoms with E-state index in [4.69, 9.17) is 0 Å². The molecule has 0 spiro atoms. The minimum atomic E-state index is 0.834. The Labute approximate surface area is 93.7 Å². The summed E-state index contributed by atoms with van der Waals surface area (Å²) >= 11 is 0. The van der Waals surface area contributed by atoms with E-state index in [0.29, 0.717) is 0 Å². The minimum absolute atomic E-state index is 0.834. The minimum Gasteiger partial charge on any atom is -0.0651 e. The molecule has 0 amide bonds. The third-order valence-corrected chi connectivity index (χ3v) is 4.12. The topological polar surface area (TPSA) is 0 Å². The zero-order valence-electron chi connectivity index (χ0n) is 9.95. The maximum atomic E-state index is 2.35. The first-order valence-corrected chi connectivity index (χ1v) is 6.40. The van der Waals surface area contributed by atoms with Gasteiger partial charge in [-0.15, -0.1) is 0 Å². The molecule has 15 heavy (non-hydrogen) atoms. The lowest BCUT2D eigenvalue weighted by atomic mass is 9.87. The maximum absolute atomic E-state index is 2.35. The van der Waals surface area contributed by atoms with Gasteiger partial charge in [0.1, 0.15) is 0 Å². The molecule has 1 saturated carbocycles. The van der Waals surface area contributed by atoms with Gasteiger partial charge < -0.3 is 0 Å². The predicted octanol–water partition coefficient (Wildman–Crippen LogP) is 4.62. The lowest BCUT2D eigenvalue weighted by molar-refractivity contribution is 0.453. The van der Waals surface area contributed by atoms with E-state index < -0.39 is 0 Å². The van der Waals surface area contributed by atoms with E-state index in [0.717, 1.165) is 17.8 Å². The molecular formula is C15H22. The summed E-state index contributed by atoms with van der Waals surface area (Å²) in [7, 11) is 0. The Kier molecular flexibility index (Phi) is 3.45. The van der Waals surface area contributed by atoms with Crippen molar-refractivity contribution >= 4 is 0 Å². The highest BCUT2D eigenvalue weighted by molar-refractivity contribution is 5.21. The van der Waals surface area contributed by atoms with Crippen LogP contribution in [0, 0.1) is 11.8 Å². The van der Waals surface area contributed by atoms with Gasteiger partial charge in [0.2, 0.25) is 0 Å². The predicted molar refractivity (Wildman–Crippen MR) is 66.0 cm³/mol. The Bertz CT molecular complexity index is 288. The fourth-order valence-electron chi connectivity index (χ4n) is 3.13. The van der Waals surface area contributed by atoms with Gasteiger partial charge in [-0.05, 0) is 36.2 Å². The van der Waals surface area contributed by atoms with Crippen molar-refractivity contribution in [2.24, 2.45) is 11.8 Å². The van der Waals surface area contributed by atoms with Gasteiger partial charge in [0, 0.05) is 0 Å². The van der Waals surface area contributed by atoms with Gasteiger partial charge in [-0.2, -0.15) is 0 Å². The highest BCUT2D eigenvalue weighted by Gasteiger charge is 2.32. The quantitative estimate of drug-likeness (QED) is 0.671. The van der Waals surface area contributed by atoms with E-state index in [1.54, 1.807) is 5.56 Å². The molecular weight excluding hydrogens is 180 g/mol. The molecule has 82 valence electrons. The van der Waals surface area contributed by atoms with E-state index >= 15 is 0 Å². The van der Waals surface area contributed by atoms with Crippen molar-refractivity contribution < 1.29 is 0 Å². The Morgan fingerprint density at radius 3 is 2.33 bits per heavy atom. The van der Waals surface area contributed by atoms with Crippen molar-refractivity contribution in [3.05, 3.63) is 35.9 Å². The molecule has 0 N–H and O–H groups in total. The molecule has 1 aliphatic carbocycles. The molecule has 0 nitrogen and oxygen atoms in total. The second-order valence-corrected chi connectivity index (χ2v) is 4.93. The van der Waals surface area contributed by atoms with E-state index in [9.17, 15) is 0 Å². The van der Waals surface area contributed by atoms with E-state index in [2.05, 4.69) is 44.2 Å². The molecule has 1 aliphatic rings. The highest BCUT2D eigenvalue weighted by atomic mass is 14.4. The highest BCUT2D eigenvalue weighted by Crippen LogP contribution is 2.45. The van der Waals surface area contributed by atoms with E-state index in [1.807, 2.05) is 0 Å². The normalized spacial score (nSPS) is 30.7. The largest absolute Gasteiger partial charge is 0.0651 e. The van der Waals surface area contributed by atoms with Crippen LogP contribution in [0.4, 0.5) is 0 Å². The van der Waals surface area contributed by atoms with Crippen LogP contribution in [0.2, 0.25) is 0 Å². The molecule has 1 fully saturated rings. The first-order chi connectivity index (χ1) is 7.35. The van der Waals surface area contributed by atoms with Gasteiger partial charge in [0.25, 0.3) is 0 Å². The van der Waals surface area contributed by atoms with Gasteiger partial charge in [0.05, 0.1) is 0 Å². The summed E-state index contributed by atoms with van der Waals surface area (Å²) in [6.07, 6.45) is 5.57. The Morgan fingerprint density at radius 1 is 1.00 bits per heavy atom. The molecule has 3 unspecified atom stereocenters. The van der Waals surface area contributed by atoms with Gasteiger partial charge in [-0.1, -0.05) is 57.0 Å². The van der Waals surface area contributed by atoms with Crippen molar-refractivity contribution in [3.8, 4) is 0 Å². The van der Waals surface area contributed by atoms with E-state index in [-0.39, 0.29) is 0 Å². The Morgan fingerprint density at radius 2 is 1.73 bits per heavy atom. The average molecular weight is 202 g/mol. The van der Waals surface area contributed by atoms with Crippen LogP contribution in [0.15, 0.2) is 30.3 Å². The summed E-state index contributed by atoms with van der Waals surface area (Å²) < 4.78 is 0. The molecule has 3 atom stereocenters. The number of hydrogen-bond donors (Lipinski definition) is 0. The van der Waals surface area contributed by atoms with Crippen LogP contribution in [0.5, 0.6) is 0 Å². The van der Waals surface area contributed by atoms with Crippen LogP contribution in [0.1, 0.15) is 51.0 Å². The third kappa shape index (κ3) is 2.25. The van der Waals surface area contributed by atoms with Gasteiger partial charge in [0.15, 0.2) is 0 Å². The number of rotatable bonds is 3. The lowest BCUT2D eigenvalue weighted by Gasteiger charge is -2.17. The van der Waals surface area contributed by atoms with Crippen LogP contribution in [-0.2, 0) is 0 Å². The molecule has 0 aromatic heterocycles. The molecule has 0 bridgehead atoms. The third-order valence-electron chi connectivity index (χ3n) is 4.12. The standard InChI is InChI=1S/C15H22/c1-3-12-10-13(4-2)15(11-12)14-8-6-5-7-9-14/h5-9,12-13,15H,3-4,10-11H2,1-2H3. The second kappa shape index (κ2) is 4.83. The van der Waals surface area contributed by atoms with Crippen LogP contribution in [-0.4, -0.2) is 0 Å². The lowest BCUT2D eigenvalue weighted by Crippen LogP contribution is -2.04. The zero-order valence-corrected chi connectivity index (χ0v) is 9.95. The van der Waals surface area contributed by atoms with Crippen LogP contribution >= 0.6 is 0 Å². The smallest absolute Gasteiger partial charge is 0.0131 e. The zero-order chi connectivity index (χ0) is 10.7. The molecule has 0 saturated heterocycles. The van der Waals surface area contributed by atoms with Crippen molar-refractivity contribution in [2.45, 2.75) is 45.4 Å². The van der Waals surface area contributed by atoms with Gasteiger partial charge in [-0.3, -0.25) is 0 Å². The monoisotopic (exact) mass is 202 g/mol. The fraction of sp³-hybridized carbons (Fsp3) is 0.600. The SMILES string of the molecule is CCC1CC(CC)C(c2ccccc2)C1. The van der Waals surface area contributed by atoms with Gasteiger partial charge in [-0.25, -0.2) is 0 Å². The summed E-state index contributed by atoms with van der Waals surface area (Å²) in [5, 5.41) is 0. The van der Waals surface area contributed by atoms with Crippen LogP contribution < -0.4 is 0 Å². The van der Waals surface area contributed by atoms with Crippen LogP contribution in [0.3, 0.4) is 0 Å². The second-order valence-electron chi connectivity index (χ2n) is 4.93. The molecule has 0 heteroatoms. The molecule has 2 rings (SSSR count). The summed E-state index contributed by atoms with van der Waals surface area (Å²) in [5.41, 5.74) is 1.57. The molecule has 1 aromatic rings. The van der Waals surface area contributed by atoms with Crippen molar-refractivity contribution in [2.75, 3.05) is 0 Å². The summed E-state index contributed by atoms with van der Waals surface area (Å²) in [4.78, 5) is 0. The summed E-state index contributed by atoms with van der Waals surface area (Å²) in [5.74, 6) is 2.73. The van der Waals surface area contributed by atoms with E-state index in [1.165, 1.54) is 25.7 Å². The maximum Gasteiger partial charge on any atom is -0.0131 e. The molecule has 0 aliphatic heterocycles. The average Bonchev–Trinajstić information content (AvgIpc) is 2.73. The molecule has 0 heterocycles. The molecule has 1 aromatic carbocycles. The summed E-state index contributed by atoms with van der Waals surface area (Å²) in [6.45, 7) is 4.68. The van der Waals surface area contributed by atoms with Crippen molar-refractivity contribution in [1.82, 2.24) is 0 Å². The first-order valence-electron chi connectivity index (χ1n) is 6.40. The summed E-state index contributed by atoms with van der Waals surface area (Å²) in [6, 6.07) is 11.1. The molecule has 0 radical (unpaired) electrons. The Hall–Kier alpha value is -0.780. The number of hydrogen-bond acceptors (Lipinski definition) is 0. The van der Waals surface area contributed by atoms with Crippen LogP contribution in [0.25, 0.3) is 0 Å². The van der Waals surface area contributed by atoms with Crippen molar-refractivity contribution in [3.63, 3.8) is 0 Å². The fourth-order valence-corrected chi connectivity index (χ4v) is 3.13. The number of benzene rings is 1. The first kappa shape index (κ1) is 10.7. The van der Waals surface area contributed by atoms with Gasteiger partial charge >= 0.3 is 0 Å². The Balaban J connectivity index is 2.14.